The fourth-order valence-corrected chi connectivity index (χ4v) is 7.68. The third-order valence-corrected chi connectivity index (χ3v) is 11.2. The van der Waals surface area contributed by atoms with E-state index in [0.717, 1.165) is 18.2 Å². The highest BCUT2D eigenvalue weighted by Crippen LogP contribution is 2.34. The van der Waals surface area contributed by atoms with Gasteiger partial charge in [0.05, 0.1) is 40.0 Å². The molecule has 0 unspecified atom stereocenters. The van der Waals surface area contributed by atoms with Gasteiger partial charge in [0.25, 0.3) is 0 Å². The summed E-state index contributed by atoms with van der Waals surface area (Å²) in [6, 6.07) is 23.9. The van der Waals surface area contributed by atoms with Crippen molar-refractivity contribution in [2.45, 2.75) is 68.4 Å². The number of hydrogen-bond acceptors (Lipinski definition) is 8. The van der Waals surface area contributed by atoms with E-state index >= 15 is 0 Å². The molecule has 6 rings (SSSR count). The number of hydrogen-bond donors (Lipinski definition) is 5. The second-order valence-electron chi connectivity index (χ2n) is 15.8. The lowest BCUT2D eigenvalue weighted by atomic mass is 9.94. The van der Waals surface area contributed by atoms with Gasteiger partial charge in [0.1, 0.15) is 17.5 Å². The van der Waals surface area contributed by atoms with E-state index in [0.29, 0.717) is 11.1 Å². The largest absolute Gasteiger partial charge is 0.386 e. The first kappa shape index (κ1) is 46.9. The number of nitrogens with one attached hydrogen (secondary N) is 2. The molecule has 326 valence electrons. The zero-order valence-corrected chi connectivity index (χ0v) is 35.9. The highest BCUT2D eigenvalue weighted by atomic mass is 32.2. The van der Waals surface area contributed by atoms with Gasteiger partial charge in [0.2, 0.25) is 31.9 Å². The van der Waals surface area contributed by atoms with Crippen molar-refractivity contribution in [1.82, 2.24) is 9.78 Å². The first-order chi connectivity index (χ1) is 28.8. The van der Waals surface area contributed by atoms with Crippen LogP contribution in [-0.2, 0) is 53.6 Å². The molecule has 0 fully saturated rings. The van der Waals surface area contributed by atoms with E-state index in [9.17, 15) is 44.7 Å². The smallest absolute Gasteiger partial charge is 0.238 e. The Hall–Kier alpha value is -6.18. The lowest BCUT2D eigenvalue weighted by molar-refractivity contribution is -0.116. The number of anilines is 2. The number of carbonyl (C=O) groups excluding carboxylic acids is 2. The fraction of sp³-hybridized carbons (Fsp3) is 0.205. The Balaban J connectivity index is 0.000000235. The van der Waals surface area contributed by atoms with Crippen molar-refractivity contribution >= 4 is 43.2 Å². The van der Waals surface area contributed by atoms with Crippen LogP contribution in [0, 0.1) is 17.5 Å². The van der Waals surface area contributed by atoms with E-state index in [-0.39, 0.29) is 67.4 Å². The number of primary sulfonamides is 2. The Morgan fingerprint density at radius 2 is 1.11 bits per heavy atom. The number of aromatic nitrogens is 2. The lowest BCUT2D eigenvalue weighted by Gasteiger charge is -2.19. The molecule has 5 aromatic carbocycles. The quantitative estimate of drug-likeness (QED) is 0.0914. The summed E-state index contributed by atoms with van der Waals surface area (Å²) in [6.07, 6.45) is 2.86. The molecule has 13 nitrogen and oxygen atoms in total. The molecule has 0 aliphatic heterocycles. The predicted molar refractivity (Wildman–Crippen MR) is 230 cm³/mol. The Morgan fingerprint density at radius 3 is 1.52 bits per heavy atom. The average Bonchev–Trinajstić information content (AvgIpc) is 3.67. The van der Waals surface area contributed by atoms with Crippen LogP contribution in [0.25, 0.3) is 22.3 Å². The topological polar surface area (TPSA) is 217 Å². The van der Waals surface area contributed by atoms with Gasteiger partial charge in [-0.2, -0.15) is 5.10 Å². The van der Waals surface area contributed by atoms with Crippen molar-refractivity contribution in [2.24, 2.45) is 10.3 Å². The summed E-state index contributed by atoms with van der Waals surface area (Å²) in [5, 5.41) is 30.4. The van der Waals surface area contributed by atoms with Crippen molar-refractivity contribution in [1.29, 1.82) is 0 Å². The van der Waals surface area contributed by atoms with Crippen LogP contribution in [0.1, 0.15) is 51.3 Å². The molecule has 0 spiro atoms. The number of aliphatic hydroxyl groups is 1. The number of amides is 2. The average molecular weight is 891 g/mol. The number of halogens is 3. The molecular formula is C44H45F3N6O7S2. The van der Waals surface area contributed by atoms with Crippen molar-refractivity contribution in [3.63, 3.8) is 0 Å². The molecule has 2 amide bonds. The van der Waals surface area contributed by atoms with E-state index in [1.165, 1.54) is 74.5 Å². The van der Waals surface area contributed by atoms with Gasteiger partial charge in [-0.3, -0.25) is 14.3 Å². The van der Waals surface area contributed by atoms with Crippen LogP contribution in [0.4, 0.5) is 24.5 Å². The third kappa shape index (κ3) is 12.2. The van der Waals surface area contributed by atoms with Gasteiger partial charge in [0.15, 0.2) is 0 Å². The van der Waals surface area contributed by atoms with Crippen LogP contribution in [0.3, 0.4) is 0 Å². The molecule has 0 atom stereocenters. The Morgan fingerprint density at radius 1 is 0.661 bits per heavy atom. The van der Waals surface area contributed by atoms with Crippen LogP contribution >= 0.6 is 0 Å². The monoisotopic (exact) mass is 890 g/mol. The highest BCUT2D eigenvalue weighted by Gasteiger charge is 2.23. The van der Waals surface area contributed by atoms with Gasteiger partial charge in [0, 0.05) is 34.3 Å². The molecule has 1 aromatic heterocycles. The normalized spacial score (nSPS) is 12.0. The van der Waals surface area contributed by atoms with E-state index in [1.807, 2.05) is 20.8 Å². The van der Waals surface area contributed by atoms with Gasteiger partial charge in [-0.05, 0) is 111 Å². The zero-order chi connectivity index (χ0) is 45.8. The molecule has 62 heavy (non-hydrogen) atoms. The van der Waals surface area contributed by atoms with E-state index in [2.05, 4.69) is 15.7 Å². The maximum Gasteiger partial charge on any atom is 0.238 e. The molecule has 0 radical (unpaired) electrons. The summed E-state index contributed by atoms with van der Waals surface area (Å²) in [4.78, 5) is 24.1. The van der Waals surface area contributed by atoms with Crippen molar-refractivity contribution < 1.29 is 44.7 Å². The van der Waals surface area contributed by atoms with Gasteiger partial charge >= 0.3 is 0 Å². The van der Waals surface area contributed by atoms with Crippen LogP contribution in [0.2, 0.25) is 0 Å². The molecule has 0 bridgehead atoms. The molecule has 0 saturated carbocycles. The summed E-state index contributed by atoms with van der Waals surface area (Å²) in [7, 11) is -8.34. The number of benzene rings is 5. The van der Waals surface area contributed by atoms with E-state index in [4.69, 9.17) is 10.3 Å². The minimum absolute atomic E-state index is 0.101. The number of rotatable bonds is 11. The van der Waals surface area contributed by atoms with Gasteiger partial charge in [-0.25, -0.2) is 40.3 Å². The zero-order valence-electron chi connectivity index (χ0n) is 34.3. The molecule has 0 aliphatic carbocycles. The van der Waals surface area contributed by atoms with E-state index < -0.39 is 54.9 Å². The SMILES string of the molecule is CC(C)(C)n1cc(-c2ccc(NC(=O)Cc3ccccc3F)cc2S(N)(=O)=O)cn1.CC(C)(O)c1cc(F)cc(-c2ccc(NC(=O)Cc3ccccc3F)cc2S(N)(=O)=O)c1. The number of nitrogens with zero attached hydrogens (tertiary/aromatic N) is 2. The molecule has 7 N–H and O–H groups in total. The maximum atomic E-state index is 14.2. The Labute approximate surface area is 357 Å². The lowest BCUT2D eigenvalue weighted by Crippen LogP contribution is -2.21. The summed E-state index contributed by atoms with van der Waals surface area (Å²) >= 11 is 0. The van der Waals surface area contributed by atoms with Crippen LogP contribution in [0.15, 0.2) is 125 Å². The second kappa shape index (κ2) is 18.4. The van der Waals surface area contributed by atoms with Gasteiger partial charge in [-0.1, -0.05) is 48.5 Å². The minimum atomic E-state index is -4.26. The predicted octanol–water partition coefficient (Wildman–Crippen LogP) is 6.96. The number of carbonyl (C=O) groups is 2. The molecule has 6 aromatic rings. The fourth-order valence-electron chi connectivity index (χ4n) is 6.11. The molecule has 0 saturated heterocycles. The first-order valence-corrected chi connectivity index (χ1v) is 21.9. The summed E-state index contributed by atoms with van der Waals surface area (Å²) in [5.41, 5.74) is 0.652. The molecule has 18 heteroatoms. The van der Waals surface area contributed by atoms with Crippen LogP contribution in [-0.4, -0.2) is 43.5 Å². The van der Waals surface area contributed by atoms with Gasteiger partial charge in [-0.15, -0.1) is 0 Å². The Kier molecular flexibility index (Phi) is 13.9. The molecule has 1 heterocycles. The number of nitrogens with two attached hydrogens (primary N) is 2. The standard InChI is InChI=1S/C23H22F2N2O4S.C21H23FN4O3S/c1-23(2,29)16-9-15(10-17(24)12-16)19-8-7-18(13-21(19)32(26,30)31)27-22(28)11-14-5-3-4-6-20(14)25;1-21(2,3)26-13-15(12-24-26)17-9-8-16(11-19(17)30(23,28)29)25-20(27)10-14-6-4-5-7-18(14)22/h3-10,12-13,29H,11H2,1-2H3,(H,27,28)(H2,26,30,31);4-9,11-13H,10H2,1-3H3,(H,25,27)(H2,23,28,29). The molecule has 0 aliphatic rings. The molecular weight excluding hydrogens is 846 g/mol. The van der Waals surface area contributed by atoms with Crippen molar-refractivity contribution in [3.05, 3.63) is 150 Å². The maximum absolute atomic E-state index is 14.2. The summed E-state index contributed by atoms with van der Waals surface area (Å²) < 4.78 is 92.3. The van der Waals surface area contributed by atoms with Gasteiger partial charge < -0.3 is 15.7 Å². The summed E-state index contributed by atoms with van der Waals surface area (Å²) in [6.45, 7) is 8.86. The second-order valence-corrected chi connectivity index (χ2v) is 18.8. The Bertz CT molecular complexity index is 2870. The van der Waals surface area contributed by atoms with E-state index in [1.54, 1.807) is 41.3 Å². The van der Waals surface area contributed by atoms with Crippen molar-refractivity contribution in [3.8, 4) is 22.3 Å². The minimum Gasteiger partial charge on any atom is -0.386 e. The summed E-state index contributed by atoms with van der Waals surface area (Å²) in [5.74, 6) is -2.71. The van der Waals surface area contributed by atoms with Crippen LogP contribution < -0.4 is 20.9 Å². The third-order valence-electron chi connectivity index (χ3n) is 9.26. The van der Waals surface area contributed by atoms with Crippen LogP contribution in [0.5, 0.6) is 0 Å². The highest BCUT2D eigenvalue weighted by molar-refractivity contribution is 7.89. The van der Waals surface area contributed by atoms with Crippen molar-refractivity contribution in [2.75, 3.05) is 10.6 Å². The number of sulfonamides is 2. The first-order valence-electron chi connectivity index (χ1n) is 18.8.